The average molecular weight is 215 g/mol. The molecule has 0 saturated carbocycles. The van der Waals surface area contributed by atoms with Crippen molar-refractivity contribution in [3.8, 4) is 0 Å². The highest BCUT2D eigenvalue weighted by molar-refractivity contribution is 4.79. The maximum atomic E-state index is 5.34. The predicted octanol–water partition coefficient (Wildman–Crippen LogP) is 3.22. The molecule has 0 saturated heterocycles. The van der Waals surface area contributed by atoms with Gasteiger partial charge in [-0.05, 0) is 38.1 Å². The van der Waals surface area contributed by atoms with Gasteiger partial charge in [0.25, 0.3) is 0 Å². The van der Waals surface area contributed by atoms with E-state index >= 15 is 0 Å². The van der Waals surface area contributed by atoms with E-state index in [2.05, 4.69) is 39.9 Å². The van der Waals surface area contributed by atoms with Crippen LogP contribution >= 0.6 is 0 Å². The van der Waals surface area contributed by atoms with Crippen LogP contribution in [0.4, 0.5) is 0 Å². The Balaban J connectivity index is 3.67. The van der Waals surface area contributed by atoms with E-state index in [1.165, 1.54) is 19.3 Å². The van der Waals surface area contributed by atoms with E-state index in [4.69, 9.17) is 4.74 Å². The summed E-state index contributed by atoms with van der Waals surface area (Å²) in [5.74, 6) is 0. The smallest absolute Gasteiger partial charge is 0.0465 e. The lowest BCUT2D eigenvalue weighted by Crippen LogP contribution is -2.40. The van der Waals surface area contributed by atoms with Crippen molar-refractivity contribution in [3.05, 3.63) is 0 Å². The topological polar surface area (TPSA) is 21.3 Å². The van der Waals surface area contributed by atoms with Gasteiger partial charge in [-0.25, -0.2) is 0 Å². The molecule has 2 nitrogen and oxygen atoms in total. The summed E-state index contributed by atoms with van der Waals surface area (Å²) in [6, 6.07) is 0.629. The van der Waals surface area contributed by atoms with Gasteiger partial charge in [-0.2, -0.15) is 0 Å². The van der Waals surface area contributed by atoms with Gasteiger partial charge in [-0.3, -0.25) is 0 Å². The van der Waals surface area contributed by atoms with Crippen molar-refractivity contribution >= 4 is 0 Å². The fraction of sp³-hybridized carbons (Fsp3) is 1.00. The lowest BCUT2D eigenvalue weighted by atomic mass is 9.84. The number of unbranched alkanes of at least 4 members (excludes halogenated alkanes) is 1. The van der Waals surface area contributed by atoms with E-state index < -0.39 is 0 Å². The average Bonchev–Trinajstić information content (AvgIpc) is 2.14. The highest BCUT2D eigenvalue weighted by Crippen LogP contribution is 2.23. The van der Waals surface area contributed by atoms with E-state index in [1.54, 1.807) is 0 Å². The Bertz CT molecular complexity index is 140. The second-order valence-corrected chi connectivity index (χ2v) is 5.17. The van der Waals surface area contributed by atoms with Gasteiger partial charge < -0.3 is 10.1 Å². The van der Waals surface area contributed by atoms with Crippen molar-refractivity contribution in [3.63, 3.8) is 0 Å². The molecule has 0 rings (SSSR count). The number of ether oxygens (including phenoxy) is 1. The normalized spacial score (nSPS) is 14.2. The van der Waals surface area contributed by atoms with Crippen molar-refractivity contribution in [2.45, 2.75) is 59.9 Å². The minimum absolute atomic E-state index is 0.363. The molecule has 15 heavy (non-hydrogen) atoms. The van der Waals surface area contributed by atoms with Gasteiger partial charge in [0, 0.05) is 19.3 Å². The zero-order chi connectivity index (χ0) is 11.7. The third kappa shape index (κ3) is 7.80. The predicted molar refractivity (Wildman–Crippen MR) is 67.3 cm³/mol. The standard InChI is InChI=1S/C13H29NO/c1-6-14-12(13(3,4)5)10-8-9-11-15-7-2/h12,14H,6-11H2,1-5H3. The van der Waals surface area contributed by atoms with Crippen LogP contribution in [0.15, 0.2) is 0 Å². The third-order valence-corrected chi connectivity index (χ3v) is 2.73. The fourth-order valence-corrected chi connectivity index (χ4v) is 1.78. The molecule has 0 spiro atoms. The first-order chi connectivity index (χ1) is 7.02. The number of hydrogen-bond acceptors (Lipinski definition) is 2. The summed E-state index contributed by atoms with van der Waals surface area (Å²) in [6.45, 7) is 14.0. The SMILES string of the molecule is CCNC(CCCCOCC)C(C)(C)C. The quantitative estimate of drug-likeness (QED) is 0.628. The fourth-order valence-electron chi connectivity index (χ4n) is 1.78. The van der Waals surface area contributed by atoms with Crippen molar-refractivity contribution in [2.24, 2.45) is 5.41 Å². The van der Waals surface area contributed by atoms with Gasteiger partial charge in [0.1, 0.15) is 0 Å². The Labute approximate surface area is 95.8 Å². The molecule has 2 heteroatoms. The van der Waals surface area contributed by atoms with Crippen molar-refractivity contribution in [2.75, 3.05) is 19.8 Å². The molecule has 0 radical (unpaired) electrons. The van der Waals surface area contributed by atoms with Crippen LogP contribution in [0.2, 0.25) is 0 Å². The first kappa shape index (κ1) is 14.9. The summed E-state index contributed by atoms with van der Waals surface area (Å²) in [4.78, 5) is 0. The van der Waals surface area contributed by atoms with Crippen molar-refractivity contribution in [1.29, 1.82) is 0 Å². The van der Waals surface area contributed by atoms with E-state index in [-0.39, 0.29) is 0 Å². The first-order valence-corrected chi connectivity index (χ1v) is 6.33. The largest absolute Gasteiger partial charge is 0.382 e. The molecular weight excluding hydrogens is 186 g/mol. The molecule has 0 bridgehead atoms. The van der Waals surface area contributed by atoms with Crippen LogP contribution in [0.1, 0.15) is 53.9 Å². The molecule has 0 aliphatic carbocycles. The van der Waals surface area contributed by atoms with Gasteiger partial charge >= 0.3 is 0 Å². The van der Waals surface area contributed by atoms with Crippen LogP contribution in [0, 0.1) is 5.41 Å². The summed E-state index contributed by atoms with van der Waals surface area (Å²) >= 11 is 0. The summed E-state index contributed by atoms with van der Waals surface area (Å²) < 4.78 is 5.34. The van der Waals surface area contributed by atoms with Crippen LogP contribution < -0.4 is 5.32 Å². The molecule has 0 aliphatic heterocycles. The molecule has 92 valence electrons. The second-order valence-electron chi connectivity index (χ2n) is 5.17. The molecule has 0 amide bonds. The van der Waals surface area contributed by atoms with Crippen LogP contribution in [-0.4, -0.2) is 25.8 Å². The summed E-state index contributed by atoms with van der Waals surface area (Å²) in [5.41, 5.74) is 0.363. The Morgan fingerprint density at radius 2 is 1.80 bits per heavy atom. The lowest BCUT2D eigenvalue weighted by Gasteiger charge is -2.31. The Morgan fingerprint density at radius 3 is 2.27 bits per heavy atom. The number of nitrogens with one attached hydrogen (secondary N) is 1. The molecule has 0 fully saturated rings. The Kier molecular flexibility index (Phi) is 8.07. The summed E-state index contributed by atoms with van der Waals surface area (Å²) in [6.07, 6.45) is 3.70. The van der Waals surface area contributed by atoms with E-state index in [0.29, 0.717) is 11.5 Å². The highest BCUT2D eigenvalue weighted by atomic mass is 16.5. The maximum Gasteiger partial charge on any atom is 0.0465 e. The van der Waals surface area contributed by atoms with Gasteiger partial charge in [0.15, 0.2) is 0 Å². The molecule has 0 aromatic heterocycles. The van der Waals surface area contributed by atoms with Crippen LogP contribution in [-0.2, 0) is 4.74 Å². The number of hydrogen-bond donors (Lipinski definition) is 1. The molecule has 0 heterocycles. The first-order valence-electron chi connectivity index (χ1n) is 6.33. The van der Waals surface area contributed by atoms with E-state index in [9.17, 15) is 0 Å². The number of rotatable bonds is 8. The monoisotopic (exact) mass is 215 g/mol. The Morgan fingerprint density at radius 1 is 1.13 bits per heavy atom. The molecule has 1 atom stereocenters. The zero-order valence-electron chi connectivity index (χ0n) is 11.2. The third-order valence-electron chi connectivity index (χ3n) is 2.73. The molecule has 1 N–H and O–H groups in total. The molecule has 0 aromatic rings. The highest BCUT2D eigenvalue weighted by Gasteiger charge is 2.22. The molecule has 1 unspecified atom stereocenters. The lowest BCUT2D eigenvalue weighted by molar-refractivity contribution is 0.140. The van der Waals surface area contributed by atoms with Gasteiger partial charge in [0.2, 0.25) is 0 Å². The summed E-state index contributed by atoms with van der Waals surface area (Å²) in [7, 11) is 0. The van der Waals surface area contributed by atoms with Crippen molar-refractivity contribution in [1.82, 2.24) is 5.32 Å². The van der Waals surface area contributed by atoms with Crippen LogP contribution in [0.25, 0.3) is 0 Å². The van der Waals surface area contributed by atoms with Gasteiger partial charge in [-0.15, -0.1) is 0 Å². The molecule has 0 aliphatic rings. The van der Waals surface area contributed by atoms with E-state index in [1.807, 2.05) is 0 Å². The van der Waals surface area contributed by atoms with E-state index in [0.717, 1.165) is 19.8 Å². The van der Waals surface area contributed by atoms with Gasteiger partial charge in [-0.1, -0.05) is 27.7 Å². The van der Waals surface area contributed by atoms with Crippen molar-refractivity contribution < 1.29 is 4.74 Å². The minimum Gasteiger partial charge on any atom is -0.382 e. The van der Waals surface area contributed by atoms with Crippen LogP contribution in [0.3, 0.4) is 0 Å². The maximum absolute atomic E-state index is 5.34. The van der Waals surface area contributed by atoms with Gasteiger partial charge in [0.05, 0.1) is 0 Å². The molecule has 0 aromatic carbocycles. The summed E-state index contributed by atoms with van der Waals surface area (Å²) in [5, 5.41) is 3.57. The second kappa shape index (κ2) is 8.12. The molecular formula is C13H29NO. The van der Waals surface area contributed by atoms with Crippen LogP contribution in [0.5, 0.6) is 0 Å². The minimum atomic E-state index is 0.363. The Hall–Kier alpha value is -0.0800. The zero-order valence-corrected chi connectivity index (χ0v) is 11.2.